The predicted octanol–water partition coefficient (Wildman–Crippen LogP) is 3.94. The van der Waals surface area contributed by atoms with Gasteiger partial charge in [0.15, 0.2) is 0 Å². The summed E-state index contributed by atoms with van der Waals surface area (Å²) in [6.07, 6.45) is 9.73. The Morgan fingerprint density at radius 2 is 1.85 bits per heavy atom. The molecule has 0 aromatic rings. The van der Waals surface area contributed by atoms with Gasteiger partial charge in [-0.2, -0.15) is 0 Å². The summed E-state index contributed by atoms with van der Waals surface area (Å²) in [6, 6.07) is 0. The van der Waals surface area contributed by atoms with Gasteiger partial charge in [-0.25, -0.2) is 0 Å². The summed E-state index contributed by atoms with van der Waals surface area (Å²) in [5.74, 6) is 0. The molecular weight excluding hydrogens is 160 g/mol. The Morgan fingerprint density at radius 1 is 1.15 bits per heavy atom. The number of hydrogen-bond acceptors (Lipinski definition) is 1. The fraction of sp³-hybridized carbons (Fsp3) is 0.833. The van der Waals surface area contributed by atoms with Crippen molar-refractivity contribution in [3.63, 3.8) is 0 Å². The van der Waals surface area contributed by atoms with Gasteiger partial charge in [-0.3, -0.25) is 0 Å². The highest BCUT2D eigenvalue weighted by molar-refractivity contribution is 4.78. The molecule has 0 radical (unpaired) electrons. The van der Waals surface area contributed by atoms with Crippen molar-refractivity contribution in [1.82, 2.24) is 0 Å². The number of ether oxygens (including phenoxy) is 1. The topological polar surface area (TPSA) is 9.23 Å². The standard InChI is InChI=1S/C12H24O/c1-4-7-8-9-10-11-13-12(5-2)6-3/h5,12H,2,4,6-11H2,1,3H3. The van der Waals surface area contributed by atoms with E-state index in [1.54, 1.807) is 0 Å². The molecule has 0 amide bonds. The number of rotatable bonds is 9. The lowest BCUT2D eigenvalue weighted by atomic mass is 10.2. The summed E-state index contributed by atoms with van der Waals surface area (Å²) in [4.78, 5) is 0. The molecule has 0 fully saturated rings. The number of hydrogen-bond donors (Lipinski definition) is 0. The molecule has 78 valence electrons. The van der Waals surface area contributed by atoms with E-state index in [2.05, 4.69) is 20.4 Å². The average Bonchev–Trinajstić information content (AvgIpc) is 2.17. The van der Waals surface area contributed by atoms with Crippen LogP contribution in [0.4, 0.5) is 0 Å². The lowest BCUT2D eigenvalue weighted by Gasteiger charge is -2.10. The zero-order valence-corrected chi connectivity index (χ0v) is 9.22. The van der Waals surface area contributed by atoms with Crippen LogP contribution in [0.15, 0.2) is 12.7 Å². The second-order valence-electron chi connectivity index (χ2n) is 3.47. The van der Waals surface area contributed by atoms with Crippen LogP contribution in [-0.4, -0.2) is 12.7 Å². The number of unbranched alkanes of at least 4 members (excludes halogenated alkanes) is 4. The summed E-state index contributed by atoms with van der Waals surface area (Å²) >= 11 is 0. The van der Waals surface area contributed by atoms with E-state index in [9.17, 15) is 0 Å². The van der Waals surface area contributed by atoms with Gasteiger partial charge in [-0.05, 0) is 12.8 Å². The highest BCUT2D eigenvalue weighted by Gasteiger charge is 1.99. The van der Waals surface area contributed by atoms with E-state index in [1.165, 1.54) is 32.1 Å². The Morgan fingerprint density at radius 3 is 2.38 bits per heavy atom. The third-order valence-electron chi connectivity index (χ3n) is 2.25. The molecule has 0 rings (SSSR count). The first-order valence-electron chi connectivity index (χ1n) is 5.59. The molecule has 0 spiro atoms. The molecule has 1 unspecified atom stereocenters. The molecule has 0 aromatic carbocycles. The maximum Gasteiger partial charge on any atom is 0.0750 e. The van der Waals surface area contributed by atoms with Crippen LogP contribution in [0.2, 0.25) is 0 Å². The summed E-state index contributed by atoms with van der Waals surface area (Å²) in [5.41, 5.74) is 0. The molecule has 1 heteroatoms. The van der Waals surface area contributed by atoms with Crippen molar-refractivity contribution < 1.29 is 4.74 Å². The summed E-state index contributed by atoms with van der Waals surface area (Å²) in [6.45, 7) is 9.00. The summed E-state index contributed by atoms with van der Waals surface area (Å²) in [5, 5.41) is 0. The molecule has 0 aromatic heterocycles. The van der Waals surface area contributed by atoms with Gasteiger partial charge >= 0.3 is 0 Å². The van der Waals surface area contributed by atoms with E-state index < -0.39 is 0 Å². The van der Waals surface area contributed by atoms with E-state index in [1.807, 2.05) is 6.08 Å². The molecule has 0 aliphatic carbocycles. The molecule has 0 aliphatic heterocycles. The molecule has 0 bridgehead atoms. The van der Waals surface area contributed by atoms with Crippen molar-refractivity contribution in [2.24, 2.45) is 0 Å². The van der Waals surface area contributed by atoms with Gasteiger partial charge in [-0.1, -0.05) is 45.6 Å². The SMILES string of the molecule is C=CC(CC)OCCCCCCC. The third kappa shape index (κ3) is 8.04. The Balaban J connectivity index is 3.10. The normalized spacial score (nSPS) is 12.8. The lowest BCUT2D eigenvalue weighted by Crippen LogP contribution is -2.08. The van der Waals surface area contributed by atoms with Gasteiger partial charge < -0.3 is 4.74 Å². The Kier molecular flexibility index (Phi) is 9.56. The van der Waals surface area contributed by atoms with Gasteiger partial charge in [0, 0.05) is 6.61 Å². The van der Waals surface area contributed by atoms with Crippen molar-refractivity contribution in [2.75, 3.05) is 6.61 Å². The lowest BCUT2D eigenvalue weighted by molar-refractivity contribution is 0.0797. The summed E-state index contributed by atoms with van der Waals surface area (Å²) in [7, 11) is 0. The van der Waals surface area contributed by atoms with Crippen LogP contribution < -0.4 is 0 Å². The van der Waals surface area contributed by atoms with E-state index in [0.717, 1.165) is 13.0 Å². The minimum atomic E-state index is 0.270. The Labute approximate surface area is 83.2 Å². The quantitative estimate of drug-likeness (QED) is 0.389. The highest BCUT2D eigenvalue weighted by Crippen LogP contribution is 2.05. The van der Waals surface area contributed by atoms with E-state index in [0.29, 0.717) is 0 Å². The monoisotopic (exact) mass is 184 g/mol. The first kappa shape index (κ1) is 12.7. The molecule has 1 atom stereocenters. The first-order valence-corrected chi connectivity index (χ1v) is 5.59. The van der Waals surface area contributed by atoms with Gasteiger partial charge in [0.25, 0.3) is 0 Å². The van der Waals surface area contributed by atoms with Crippen LogP contribution in [0.1, 0.15) is 52.4 Å². The van der Waals surface area contributed by atoms with Crippen LogP contribution in [0.5, 0.6) is 0 Å². The fourth-order valence-electron chi connectivity index (χ4n) is 1.29. The third-order valence-corrected chi connectivity index (χ3v) is 2.25. The van der Waals surface area contributed by atoms with E-state index >= 15 is 0 Å². The largest absolute Gasteiger partial charge is 0.374 e. The highest BCUT2D eigenvalue weighted by atomic mass is 16.5. The average molecular weight is 184 g/mol. The fourth-order valence-corrected chi connectivity index (χ4v) is 1.29. The van der Waals surface area contributed by atoms with Gasteiger partial charge in [0.05, 0.1) is 6.10 Å². The minimum absolute atomic E-state index is 0.270. The summed E-state index contributed by atoms with van der Waals surface area (Å²) < 4.78 is 5.60. The second kappa shape index (κ2) is 9.79. The van der Waals surface area contributed by atoms with Gasteiger partial charge in [0.2, 0.25) is 0 Å². The van der Waals surface area contributed by atoms with Gasteiger partial charge in [-0.15, -0.1) is 6.58 Å². The molecular formula is C12H24O. The molecule has 0 heterocycles. The smallest absolute Gasteiger partial charge is 0.0750 e. The van der Waals surface area contributed by atoms with Crippen LogP contribution in [0, 0.1) is 0 Å². The maximum absolute atomic E-state index is 5.60. The molecule has 0 saturated heterocycles. The molecule has 0 saturated carbocycles. The van der Waals surface area contributed by atoms with Crippen LogP contribution >= 0.6 is 0 Å². The van der Waals surface area contributed by atoms with Crippen LogP contribution in [0.3, 0.4) is 0 Å². The minimum Gasteiger partial charge on any atom is -0.374 e. The van der Waals surface area contributed by atoms with Crippen molar-refractivity contribution >= 4 is 0 Å². The van der Waals surface area contributed by atoms with E-state index in [-0.39, 0.29) is 6.10 Å². The molecule has 13 heavy (non-hydrogen) atoms. The Bertz CT molecular complexity index is 110. The zero-order valence-electron chi connectivity index (χ0n) is 9.22. The second-order valence-corrected chi connectivity index (χ2v) is 3.47. The molecule has 0 aliphatic rings. The van der Waals surface area contributed by atoms with Crippen LogP contribution in [-0.2, 0) is 4.74 Å². The molecule has 1 nitrogen and oxygen atoms in total. The first-order chi connectivity index (χ1) is 6.35. The van der Waals surface area contributed by atoms with Gasteiger partial charge in [0.1, 0.15) is 0 Å². The van der Waals surface area contributed by atoms with Crippen molar-refractivity contribution in [2.45, 2.75) is 58.5 Å². The molecule has 0 N–H and O–H groups in total. The zero-order chi connectivity index (χ0) is 9.94. The Hall–Kier alpha value is -0.300. The predicted molar refractivity (Wildman–Crippen MR) is 59.0 cm³/mol. The van der Waals surface area contributed by atoms with Crippen LogP contribution in [0.25, 0.3) is 0 Å². The van der Waals surface area contributed by atoms with Crippen molar-refractivity contribution in [1.29, 1.82) is 0 Å². The maximum atomic E-state index is 5.60. The van der Waals surface area contributed by atoms with E-state index in [4.69, 9.17) is 4.74 Å². The van der Waals surface area contributed by atoms with Crippen molar-refractivity contribution in [3.05, 3.63) is 12.7 Å². The van der Waals surface area contributed by atoms with Crippen molar-refractivity contribution in [3.8, 4) is 0 Å².